The lowest BCUT2D eigenvalue weighted by Crippen LogP contribution is -2.25. The molecule has 6 nitrogen and oxygen atoms in total. The minimum absolute atomic E-state index is 0.0469. The molecule has 0 saturated carbocycles. The third-order valence-corrected chi connectivity index (χ3v) is 4.17. The largest absolute Gasteiger partial charge is 0.396 e. The minimum atomic E-state index is -3.67. The second-order valence-corrected chi connectivity index (χ2v) is 5.99. The van der Waals surface area contributed by atoms with Crippen molar-refractivity contribution in [2.45, 2.75) is 17.7 Å². The lowest BCUT2D eigenvalue weighted by atomic mass is 10.3. The highest BCUT2D eigenvalue weighted by Crippen LogP contribution is 2.16. The van der Waals surface area contributed by atoms with Crippen LogP contribution in [0.15, 0.2) is 35.5 Å². The molecule has 0 atom stereocenters. The lowest BCUT2D eigenvalue weighted by molar-refractivity contribution is 0.577. The van der Waals surface area contributed by atoms with Crippen molar-refractivity contribution in [2.24, 2.45) is 0 Å². The quantitative estimate of drug-likeness (QED) is 0.548. The number of hydrogen-bond acceptors (Lipinski definition) is 4. The van der Waals surface area contributed by atoms with Gasteiger partial charge in [-0.15, -0.1) is 0 Å². The molecule has 0 amide bonds. The van der Waals surface area contributed by atoms with Gasteiger partial charge in [-0.3, -0.25) is 0 Å². The van der Waals surface area contributed by atoms with E-state index < -0.39 is 15.8 Å². The lowest BCUT2D eigenvalue weighted by Gasteiger charge is -2.07. The normalized spacial score (nSPS) is 11.7. The van der Waals surface area contributed by atoms with Crippen molar-refractivity contribution in [3.05, 3.63) is 42.2 Å². The van der Waals surface area contributed by atoms with Crippen LogP contribution < -0.4 is 10.5 Å². The second-order valence-electron chi connectivity index (χ2n) is 4.22. The molecule has 108 valence electrons. The highest BCUT2D eigenvalue weighted by Gasteiger charge is 2.14. The fourth-order valence-corrected chi connectivity index (χ4v) is 2.78. The van der Waals surface area contributed by atoms with E-state index >= 15 is 0 Å². The zero-order valence-corrected chi connectivity index (χ0v) is 11.5. The molecule has 4 N–H and O–H groups in total. The van der Waals surface area contributed by atoms with Crippen molar-refractivity contribution in [3.63, 3.8) is 0 Å². The van der Waals surface area contributed by atoms with Gasteiger partial charge in [-0.2, -0.15) is 0 Å². The molecule has 2 aromatic rings. The average Bonchev–Trinajstić information content (AvgIpc) is 2.91. The van der Waals surface area contributed by atoms with E-state index in [1.165, 1.54) is 6.07 Å². The van der Waals surface area contributed by atoms with Crippen LogP contribution in [-0.2, 0) is 16.4 Å². The Hall–Kier alpha value is -1.93. The van der Waals surface area contributed by atoms with Crippen molar-refractivity contribution in [3.8, 4) is 0 Å². The summed E-state index contributed by atoms with van der Waals surface area (Å²) in [6.45, 7) is 0.264. The maximum atomic E-state index is 13.0. The molecule has 0 fully saturated rings. The minimum Gasteiger partial charge on any atom is -0.396 e. The first-order valence-electron chi connectivity index (χ1n) is 6.02. The van der Waals surface area contributed by atoms with Gasteiger partial charge >= 0.3 is 0 Å². The SMILES string of the molecule is Nc1cc(S(=O)(=O)NCCCc2ncc[nH]2)ccc1F. The maximum absolute atomic E-state index is 13.0. The maximum Gasteiger partial charge on any atom is 0.240 e. The van der Waals surface area contributed by atoms with Gasteiger partial charge in [0, 0.05) is 25.4 Å². The standard InChI is InChI=1S/C12H15FN4O2S/c13-10-4-3-9(8-11(10)14)20(18,19)17-5-1-2-12-15-6-7-16-12/h3-4,6-8,17H,1-2,5,14H2,(H,15,16). The van der Waals surface area contributed by atoms with Gasteiger partial charge < -0.3 is 10.7 Å². The van der Waals surface area contributed by atoms with E-state index in [9.17, 15) is 12.8 Å². The van der Waals surface area contributed by atoms with Gasteiger partial charge in [-0.05, 0) is 24.6 Å². The van der Waals surface area contributed by atoms with Crippen molar-refractivity contribution in [1.82, 2.24) is 14.7 Å². The molecule has 0 aliphatic carbocycles. The zero-order chi connectivity index (χ0) is 14.6. The summed E-state index contributed by atoms with van der Waals surface area (Å²) in [7, 11) is -3.67. The van der Waals surface area contributed by atoms with E-state index in [4.69, 9.17) is 5.73 Å². The van der Waals surface area contributed by atoms with Gasteiger partial charge in [0.15, 0.2) is 0 Å². The number of nitrogens with two attached hydrogens (primary N) is 1. The molecule has 0 spiro atoms. The molecule has 2 rings (SSSR count). The molecule has 1 aromatic heterocycles. The molecule has 0 unspecified atom stereocenters. The Balaban J connectivity index is 1.92. The fraction of sp³-hybridized carbons (Fsp3) is 0.250. The number of aromatic nitrogens is 2. The van der Waals surface area contributed by atoms with Crippen molar-refractivity contribution < 1.29 is 12.8 Å². The van der Waals surface area contributed by atoms with Crippen LogP contribution in [0.25, 0.3) is 0 Å². The molecular weight excluding hydrogens is 283 g/mol. The summed E-state index contributed by atoms with van der Waals surface area (Å²) in [5, 5.41) is 0. The Morgan fingerprint density at radius 2 is 2.20 bits per heavy atom. The van der Waals surface area contributed by atoms with E-state index in [1.54, 1.807) is 12.4 Å². The third-order valence-electron chi connectivity index (χ3n) is 2.72. The van der Waals surface area contributed by atoms with E-state index in [0.717, 1.165) is 18.0 Å². The highest BCUT2D eigenvalue weighted by atomic mass is 32.2. The predicted octanol–water partition coefficient (Wildman–Crippen LogP) is 1.04. The summed E-state index contributed by atoms with van der Waals surface area (Å²) >= 11 is 0. The Morgan fingerprint density at radius 1 is 1.40 bits per heavy atom. The predicted molar refractivity (Wildman–Crippen MR) is 72.9 cm³/mol. The molecule has 0 aliphatic heterocycles. The molecule has 0 bridgehead atoms. The van der Waals surface area contributed by atoms with E-state index in [1.807, 2.05) is 0 Å². The topological polar surface area (TPSA) is 101 Å². The molecular formula is C12H15FN4O2S. The number of nitrogens with zero attached hydrogens (tertiary/aromatic N) is 1. The monoisotopic (exact) mass is 298 g/mol. The van der Waals surface area contributed by atoms with Crippen molar-refractivity contribution >= 4 is 15.7 Å². The van der Waals surface area contributed by atoms with Crippen LogP contribution >= 0.6 is 0 Å². The van der Waals surface area contributed by atoms with Crippen molar-refractivity contribution in [1.29, 1.82) is 0 Å². The third kappa shape index (κ3) is 3.55. The number of halogens is 1. The number of rotatable bonds is 6. The Morgan fingerprint density at radius 3 is 2.85 bits per heavy atom. The Bertz CT molecular complexity index is 671. The zero-order valence-electron chi connectivity index (χ0n) is 10.6. The number of H-pyrrole nitrogens is 1. The molecule has 1 heterocycles. The summed E-state index contributed by atoms with van der Waals surface area (Å²) in [5.74, 6) is 0.164. The van der Waals surface area contributed by atoms with Gasteiger partial charge in [0.1, 0.15) is 11.6 Å². The van der Waals surface area contributed by atoms with E-state index in [0.29, 0.717) is 12.8 Å². The molecule has 1 aromatic carbocycles. The van der Waals surface area contributed by atoms with Gasteiger partial charge in [0.25, 0.3) is 0 Å². The summed E-state index contributed by atoms with van der Waals surface area (Å²) < 4.78 is 39.3. The molecule has 20 heavy (non-hydrogen) atoms. The fourth-order valence-electron chi connectivity index (χ4n) is 1.67. The molecule has 0 aliphatic rings. The number of sulfonamides is 1. The average molecular weight is 298 g/mol. The molecule has 0 saturated heterocycles. The number of aryl methyl sites for hydroxylation is 1. The summed E-state index contributed by atoms with van der Waals surface area (Å²) in [4.78, 5) is 6.93. The van der Waals surface area contributed by atoms with Crippen molar-refractivity contribution in [2.75, 3.05) is 12.3 Å². The van der Waals surface area contributed by atoms with Gasteiger partial charge in [-0.25, -0.2) is 22.5 Å². The van der Waals surface area contributed by atoms with Crippen LogP contribution in [0.1, 0.15) is 12.2 Å². The Labute approximate surface area is 116 Å². The summed E-state index contributed by atoms with van der Waals surface area (Å²) in [5.41, 5.74) is 5.17. The smallest absolute Gasteiger partial charge is 0.240 e. The van der Waals surface area contributed by atoms with Crippen LogP contribution in [0, 0.1) is 5.82 Å². The summed E-state index contributed by atoms with van der Waals surface area (Å²) in [6, 6.07) is 3.32. The highest BCUT2D eigenvalue weighted by molar-refractivity contribution is 7.89. The van der Waals surface area contributed by atoms with Gasteiger partial charge in [0.05, 0.1) is 10.6 Å². The molecule has 8 heteroatoms. The van der Waals surface area contributed by atoms with Crippen LogP contribution in [0.2, 0.25) is 0 Å². The number of benzene rings is 1. The van der Waals surface area contributed by atoms with Crippen LogP contribution in [0.5, 0.6) is 0 Å². The Kier molecular flexibility index (Phi) is 4.35. The van der Waals surface area contributed by atoms with Crippen LogP contribution in [-0.4, -0.2) is 24.9 Å². The number of nitrogens with one attached hydrogen (secondary N) is 2. The first kappa shape index (κ1) is 14.5. The molecule has 0 radical (unpaired) electrons. The first-order valence-corrected chi connectivity index (χ1v) is 7.50. The van der Waals surface area contributed by atoms with E-state index in [-0.39, 0.29) is 17.1 Å². The number of hydrogen-bond donors (Lipinski definition) is 3. The number of aromatic amines is 1. The van der Waals surface area contributed by atoms with Crippen LogP contribution in [0.3, 0.4) is 0 Å². The second kappa shape index (κ2) is 6.02. The van der Waals surface area contributed by atoms with Gasteiger partial charge in [-0.1, -0.05) is 0 Å². The number of nitrogen functional groups attached to an aromatic ring is 1. The first-order chi connectivity index (χ1) is 9.49. The number of imidazole rings is 1. The van der Waals surface area contributed by atoms with Gasteiger partial charge in [0.2, 0.25) is 10.0 Å². The number of anilines is 1. The summed E-state index contributed by atoms with van der Waals surface area (Å²) in [6.07, 6.45) is 4.59. The van der Waals surface area contributed by atoms with E-state index in [2.05, 4.69) is 14.7 Å². The van der Waals surface area contributed by atoms with Crippen LogP contribution in [0.4, 0.5) is 10.1 Å².